The minimum atomic E-state index is -0.317. The van der Waals surface area contributed by atoms with Crippen LogP contribution in [0.25, 0.3) is 21.2 Å². The van der Waals surface area contributed by atoms with E-state index in [1.54, 1.807) is 12.1 Å². The number of rotatable bonds is 1. The first-order valence-electron chi connectivity index (χ1n) is 6.38. The van der Waals surface area contributed by atoms with Gasteiger partial charge in [0, 0.05) is 27.0 Å². The van der Waals surface area contributed by atoms with Crippen LogP contribution in [0, 0.1) is 0 Å². The summed E-state index contributed by atoms with van der Waals surface area (Å²) in [7, 11) is 0. The lowest BCUT2D eigenvalue weighted by Crippen LogP contribution is -2.09. The van der Waals surface area contributed by atoms with Gasteiger partial charge in [0.1, 0.15) is 0 Å². The lowest BCUT2D eigenvalue weighted by Gasteiger charge is -2.17. The second-order valence-corrected chi connectivity index (χ2v) is 6.03. The van der Waals surface area contributed by atoms with E-state index in [9.17, 15) is 20.1 Å². The molecule has 4 nitrogen and oxygen atoms in total. The van der Waals surface area contributed by atoms with E-state index in [0.717, 1.165) is 11.1 Å². The van der Waals surface area contributed by atoms with Crippen molar-refractivity contribution in [2.24, 2.45) is 0 Å². The summed E-state index contributed by atoms with van der Waals surface area (Å²) in [5, 5.41) is 30.1. The van der Waals surface area contributed by atoms with Gasteiger partial charge in [-0.2, -0.15) is 0 Å². The van der Waals surface area contributed by atoms with Gasteiger partial charge in [-0.1, -0.05) is 24.3 Å². The Balaban J connectivity index is 2.28. The Kier molecular flexibility index (Phi) is 2.40. The van der Waals surface area contributed by atoms with E-state index in [0.29, 0.717) is 26.1 Å². The van der Waals surface area contributed by atoms with Crippen molar-refractivity contribution >= 4 is 27.2 Å². The van der Waals surface area contributed by atoms with Gasteiger partial charge in [-0.3, -0.25) is 4.79 Å². The van der Waals surface area contributed by atoms with Crippen LogP contribution >= 0.6 is 11.3 Å². The average Bonchev–Trinajstić information content (AvgIpc) is 2.89. The number of phenols is 2. The number of hydrogen-bond acceptors (Lipinski definition) is 5. The molecule has 104 valence electrons. The first kappa shape index (κ1) is 12.4. The quantitative estimate of drug-likeness (QED) is 0.472. The standard InChI is InChI=1S/C16H10O4S/c17-6-11-12-7-3-1-2-4-8(7)14(19)9-5-10(18)15(20)16(21-11)13(9)12/h1-5,17-18,20H,6H2. The van der Waals surface area contributed by atoms with Crippen LogP contribution in [0.3, 0.4) is 0 Å². The highest BCUT2D eigenvalue weighted by Crippen LogP contribution is 2.51. The van der Waals surface area contributed by atoms with Crippen LogP contribution in [0.5, 0.6) is 11.5 Å². The number of carbonyl (C=O) groups excluding carboxylic acids is 1. The summed E-state index contributed by atoms with van der Waals surface area (Å²) in [5.41, 5.74) is 2.45. The molecule has 1 aliphatic rings. The molecule has 3 N–H and O–H groups in total. The largest absolute Gasteiger partial charge is 0.504 e. The number of aromatic hydroxyl groups is 2. The normalized spacial score (nSPS) is 12.7. The van der Waals surface area contributed by atoms with Crippen LogP contribution in [-0.2, 0) is 6.61 Å². The summed E-state index contributed by atoms with van der Waals surface area (Å²) < 4.78 is 0.437. The predicted molar refractivity (Wildman–Crippen MR) is 79.9 cm³/mol. The zero-order chi connectivity index (χ0) is 14.7. The molecule has 0 spiro atoms. The van der Waals surface area contributed by atoms with Gasteiger partial charge in [0.2, 0.25) is 0 Å². The Morgan fingerprint density at radius 1 is 1.05 bits per heavy atom. The van der Waals surface area contributed by atoms with Crippen molar-refractivity contribution in [1.29, 1.82) is 0 Å². The van der Waals surface area contributed by atoms with Crippen LogP contribution in [-0.4, -0.2) is 21.1 Å². The Morgan fingerprint density at radius 2 is 1.76 bits per heavy atom. The van der Waals surface area contributed by atoms with E-state index in [1.165, 1.54) is 17.4 Å². The predicted octanol–water partition coefficient (Wildman–Crippen LogP) is 3.02. The summed E-state index contributed by atoms with van der Waals surface area (Å²) >= 11 is 1.20. The van der Waals surface area contributed by atoms with Gasteiger partial charge in [-0.15, -0.1) is 11.3 Å². The molecule has 2 aromatic carbocycles. The summed E-state index contributed by atoms with van der Waals surface area (Å²) in [6, 6.07) is 8.48. The maximum absolute atomic E-state index is 12.6. The zero-order valence-corrected chi connectivity index (χ0v) is 11.6. The van der Waals surface area contributed by atoms with Crippen molar-refractivity contribution in [2.75, 3.05) is 0 Å². The number of aliphatic hydroxyl groups excluding tert-OH is 1. The lowest BCUT2D eigenvalue weighted by molar-refractivity contribution is 0.104. The third-order valence-corrected chi connectivity index (χ3v) is 5.00. The fourth-order valence-electron chi connectivity index (χ4n) is 2.91. The Labute approximate surface area is 123 Å². The third-order valence-electron chi connectivity index (χ3n) is 3.82. The highest BCUT2D eigenvalue weighted by atomic mass is 32.1. The smallest absolute Gasteiger partial charge is 0.194 e. The van der Waals surface area contributed by atoms with E-state index in [4.69, 9.17) is 0 Å². The fourth-order valence-corrected chi connectivity index (χ4v) is 4.06. The van der Waals surface area contributed by atoms with Gasteiger partial charge in [0.05, 0.1) is 11.3 Å². The van der Waals surface area contributed by atoms with E-state index in [1.807, 2.05) is 12.1 Å². The van der Waals surface area contributed by atoms with Crippen LogP contribution in [0.1, 0.15) is 20.8 Å². The number of ketones is 1. The minimum Gasteiger partial charge on any atom is -0.504 e. The molecule has 0 amide bonds. The molecule has 1 heterocycles. The molecule has 0 radical (unpaired) electrons. The van der Waals surface area contributed by atoms with Crippen molar-refractivity contribution in [1.82, 2.24) is 0 Å². The van der Waals surface area contributed by atoms with Crippen LogP contribution in [0.4, 0.5) is 0 Å². The van der Waals surface area contributed by atoms with E-state index >= 15 is 0 Å². The topological polar surface area (TPSA) is 77.8 Å². The summed E-state index contributed by atoms with van der Waals surface area (Å²) in [5.74, 6) is -0.741. The molecule has 1 aliphatic carbocycles. The zero-order valence-electron chi connectivity index (χ0n) is 10.8. The molecule has 1 aromatic heterocycles. The molecular weight excluding hydrogens is 288 g/mol. The second kappa shape index (κ2) is 4.07. The van der Waals surface area contributed by atoms with Crippen molar-refractivity contribution < 1.29 is 20.1 Å². The minimum absolute atomic E-state index is 0.180. The summed E-state index contributed by atoms with van der Waals surface area (Å²) in [4.78, 5) is 13.3. The number of hydrogen-bond donors (Lipinski definition) is 3. The molecule has 5 heteroatoms. The molecular formula is C16H10O4S. The molecule has 4 rings (SSSR count). The Bertz CT molecular complexity index is 924. The number of thiophene rings is 1. The SMILES string of the molecule is O=C1c2ccccc2-c2c(CO)sc3c(O)c(O)cc1c23. The number of carbonyl (C=O) groups is 1. The van der Waals surface area contributed by atoms with E-state index in [2.05, 4.69) is 0 Å². The monoisotopic (exact) mass is 298 g/mol. The molecule has 0 bridgehead atoms. The van der Waals surface area contributed by atoms with Crippen molar-refractivity contribution in [3.05, 3.63) is 46.3 Å². The maximum atomic E-state index is 12.6. The second-order valence-electron chi connectivity index (χ2n) is 4.93. The number of phenolic OH excluding ortho intramolecular Hbond substituents is 2. The van der Waals surface area contributed by atoms with Crippen molar-refractivity contribution in [3.8, 4) is 22.6 Å². The fraction of sp³-hybridized carbons (Fsp3) is 0.0625. The molecule has 3 aromatic rings. The molecule has 0 fully saturated rings. The van der Waals surface area contributed by atoms with Gasteiger partial charge in [0.25, 0.3) is 0 Å². The molecule has 0 saturated heterocycles. The maximum Gasteiger partial charge on any atom is 0.194 e. The van der Waals surface area contributed by atoms with Crippen LogP contribution in [0.15, 0.2) is 30.3 Å². The average molecular weight is 298 g/mol. The van der Waals surface area contributed by atoms with Crippen LogP contribution < -0.4 is 0 Å². The molecule has 0 saturated carbocycles. The van der Waals surface area contributed by atoms with E-state index in [-0.39, 0.29) is 23.9 Å². The Morgan fingerprint density at radius 3 is 2.48 bits per heavy atom. The van der Waals surface area contributed by atoms with Gasteiger partial charge >= 0.3 is 0 Å². The third kappa shape index (κ3) is 1.44. The van der Waals surface area contributed by atoms with Crippen molar-refractivity contribution in [3.63, 3.8) is 0 Å². The molecule has 0 aliphatic heterocycles. The summed E-state index contributed by atoms with van der Waals surface area (Å²) in [6.07, 6.45) is 0. The molecule has 0 unspecified atom stereocenters. The van der Waals surface area contributed by atoms with Gasteiger partial charge in [-0.25, -0.2) is 0 Å². The number of aliphatic hydroxyl groups is 1. The highest BCUT2D eigenvalue weighted by Gasteiger charge is 2.31. The molecule has 0 atom stereocenters. The van der Waals surface area contributed by atoms with Gasteiger partial charge < -0.3 is 15.3 Å². The van der Waals surface area contributed by atoms with Crippen molar-refractivity contribution in [2.45, 2.75) is 6.61 Å². The first-order valence-corrected chi connectivity index (χ1v) is 7.20. The molecule has 21 heavy (non-hydrogen) atoms. The highest BCUT2D eigenvalue weighted by molar-refractivity contribution is 7.20. The van der Waals surface area contributed by atoms with Gasteiger partial charge in [0.15, 0.2) is 17.3 Å². The van der Waals surface area contributed by atoms with Gasteiger partial charge in [-0.05, 0) is 11.6 Å². The van der Waals surface area contributed by atoms with Crippen LogP contribution in [0.2, 0.25) is 0 Å². The lowest BCUT2D eigenvalue weighted by atomic mass is 9.84. The number of fused-ring (bicyclic) bond motifs is 2. The number of benzene rings is 2. The Hall–Kier alpha value is -2.37. The first-order chi connectivity index (χ1) is 10.1. The summed E-state index contributed by atoms with van der Waals surface area (Å²) in [6.45, 7) is -0.184. The van der Waals surface area contributed by atoms with E-state index < -0.39 is 0 Å².